The summed E-state index contributed by atoms with van der Waals surface area (Å²) in [5.74, 6) is -0.453. The van der Waals surface area contributed by atoms with Crippen LogP contribution in [-0.2, 0) is 30.7 Å². The van der Waals surface area contributed by atoms with E-state index in [0.29, 0.717) is 37.2 Å². The number of alkyl halides is 6. The van der Waals surface area contributed by atoms with Gasteiger partial charge in [0.05, 0.1) is 24.2 Å². The average Bonchev–Trinajstić information content (AvgIpc) is 3.30. The van der Waals surface area contributed by atoms with Gasteiger partial charge >= 0.3 is 18.3 Å². The number of hydrogen-bond acceptors (Lipinski definition) is 6. The molecule has 0 spiro atoms. The van der Waals surface area contributed by atoms with Gasteiger partial charge in [-0.05, 0) is 110 Å². The second kappa shape index (κ2) is 13.5. The van der Waals surface area contributed by atoms with Crippen molar-refractivity contribution in [3.05, 3.63) is 62.7 Å². The molecule has 2 heterocycles. The first-order chi connectivity index (χ1) is 22.0. The van der Waals surface area contributed by atoms with Crippen LogP contribution < -0.4 is 9.80 Å². The van der Waals surface area contributed by atoms with Crippen molar-refractivity contribution in [2.75, 3.05) is 22.9 Å². The first-order valence-electron chi connectivity index (χ1n) is 15.6. The fraction of sp³-hybridized carbons (Fsp3) is 0.562. The summed E-state index contributed by atoms with van der Waals surface area (Å²) in [7, 11) is 1.55. The summed E-state index contributed by atoms with van der Waals surface area (Å²) < 4.78 is 84.6. The smallest absolute Gasteiger partial charge is 0.416 e. The molecule has 1 aliphatic carbocycles. The second-order valence-corrected chi connectivity index (χ2v) is 13.2. The molecule has 2 aliphatic rings. The van der Waals surface area contributed by atoms with Crippen LogP contribution in [0.4, 0.5) is 38.0 Å². The Morgan fingerprint density at radius 2 is 1.68 bits per heavy atom. The third-order valence-electron chi connectivity index (χ3n) is 9.31. The van der Waals surface area contributed by atoms with Gasteiger partial charge in [0.1, 0.15) is 0 Å². The SMILES string of the molecule is Cc1cc2c(c(C)c1C(F)(F)F)N(C[C@H]1CC[C@H](CC(=O)O)CC1)CCC[C@@H]2N(Cc1cc(Cl)cc(C(F)(F)F)c1)c1nnn(C)n1. The van der Waals surface area contributed by atoms with Crippen molar-refractivity contribution in [2.24, 2.45) is 18.9 Å². The number of carboxylic acid groups (broad SMARTS) is 1. The molecule has 0 saturated heterocycles. The van der Waals surface area contributed by atoms with Crippen LogP contribution in [-0.4, -0.2) is 44.4 Å². The zero-order valence-corrected chi connectivity index (χ0v) is 27.1. The lowest BCUT2D eigenvalue weighted by molar-refractivity contribution is -0.139. The number of fused-ring (bicyclic) bond motifs is 1. The monoisotopic (exact) mass is 686 g/mol. The van der Waals surface area contributed by atoms with Gasteiger partial charge in [0.15, 0.2) is 0 Å². The van der Waals surface area contributed by atoms with E-state index >= 15 is 0 Å². The van der Waals surface area contributed by atoms with Gasteiger partial charge in [-0.2, -0.15) is 31.1 Å². The maximum absolute atomic E-state index is 14.5. The third kappa shape index (κ3) is 7.95. The lowest BCUT2D eigenvalue weighted by Gasteiger charge is -2.37. The molecule has 1 N–H and O–H groups in total. The molecule has 0 bridgehead atoms. The van der Waals surface area contributed by atoms with Gasteiger partial charge < -0.3 is 14.9 Å². The van der Waals surface area contributed by atoms with Gasteiger partial charge in [-0.25, -0.2) is 0 Å². The average molecular weight is 687 g/mol. The zero-order chi connectivity index (χ0) is 34.3. The van der Waals surface area contributed by atoms with Gasteiger partial charge in [-0.15, -0.1) is 5.10 Å². The van der Waals surface area contributed by atoms with Crippen LogP contribution in [0.25, 0.3) is 0 Å². The molecule has 0 amide bonds. The Bertz CT molecular complexity index is 1600. The largest absolute Gasteiger partial charge is 0.481 e. The van der Waals surface area contributed by atoms with Crippen molar-refractivity contribution in [1.82, 2.24) is 20.2 Å². The highest BCUT2D eigenvalue weighted by molar-refractivity contribution is 6.30. The fourth-order valence-corrected chi connectivity index (χ4v) is 7.61. The Morgan fingerprint density at radius 1 is 1.00 bits per heavy atom. The van der Waals surface area contributed by atoms with E-state index in [4.69, 9.17) is 11.6 Å². The number of rotatable bonds is 8. The predicted molar refractivity (Wildman–Crippen MR) is 164 cm³/mol. The number of carbonyl (C=O) groups is 1. The molecule has 47 heavy (non-hydrogen) atoms. The first kappa shape index (κ1) is 34.8. The van der Waals surface area contributed by atoms with Crippen LogP contribution in [0.3, 0.4) is 0 Å². The van der Waals surface area contributed by atoms with Crippen molar-refractivity contribution in [3.8, 4) is 0 Å². The number of aryl methyl sites for hydroxylation is 2. The quantitative estimate of drug-likeness (QED) is 0.239. The molecule has 0 radical (unpaired) electrons. The summed E-state index contributed by atoms with van der Waals surface area (Å²) >= 11 is 6.12. The molecule has 15 heteroatoms. The number of nitrogens with zero attached hydrogens (tertiary/aromatic N) is 6. The van der Waals surface area contributed by atoms with E-state index in [1.54, 1.807) is 18.0 Å². The topological polar surface area (TPSA) is 87.4 Å². The summed E-state index contributed by atoms with van der Waals surface area (Å²) in [5, 5.41) is 21.6. The molecule has 1 aliphatic heterocycles. The number of aliphatic carboxylic acids is 1. The minimum Gasteiger partial charge on any atom is -0.481 e. The number of halogens is 7. The van der Waals surface area contributed by atoms with Crippen molar-refractivity contribution < 1.29 is 36.2 Å². The summed E-state index contributed by atoms with van der Waals surface area (Å²) in [5.41, 5.74) is -0.194. The molecule has 2 aromatic carbocycles. The van der Waals surface area contributed by atoms with E-state index in [1.807, 2.05) is 4.90 Å². The first-order valence-corrected chi connectivity index (χ1v) is 15.9. The lowest BCUT2D eigenvalue weighted by atomic mass is 9.80. The number of anilines is 2. The highest BCUT2D eigenvalue weighted by Crippen LogP contribution is 2.47. The summed E-state index contributed by atoms with van der Waals surface area (Å²) in [6.07, 6.45) is -5.06. The number of carboxylic acids is 1. The van der Waals surface area contributed by atoms with Crippen LogP contribution in [0, 0.1) is 25.7 Å². The molecule has 8 nitrogen and oxygen atoms in total. The molecule has 256 valence electrons. The standard InChI is InChI=1S/C32H37ClF6N6O2/c1-18-11-25-26(45(30-40-42-43(3)41-30)17-22-12-23(31(34,35)36)15-24(33)13-22)5-4-10-44(29(25)19(2)28(18)32(37,38)39)16-21-8-6-20(7-9-21)14-27(46)47/h11-13,15,20-21,26H,4-10,14,16-17H2,1-3H3,(H,46,47)/t20-,21-,26-/m0/s1. The van der Waals surface area contributed by atoms with Gasteiger partial charge in [0, 0.05) is 36.8 Å². The van der Waals surface area contributed by atoms with Crippen LogP contribution >= 0.6 is 11.6 Å². The van der Waals surface area contributed by atoms with Crippen LogP contribution in [0.5, 0.6) is 0 Å². The second-order valence-electron chi connectivity index (χ2n) is 12.8. The minimum atomic E-state index is -4.64. The Balaban J connectivity index is 1.58. The minimum absolute atomic E-state index is 0.0453. The number of benzene rings is 2. The maximum Gasteiger partial charge on any atom is 0.416 e. The number of hydrogen-bond donors (Lipinski definition) is 1. The Hall–Kier alpha value is -3.55. The Labute approximate surface area is 273 Å². The fourth-order valence-electron chi connectivity index (χ4n) is 7.35. The van der Waals surface area contributed by atoms with E-state index in [0.717, 1.165) is 37.8 Å². The maximum atomic E-state index is 14.5. The summed E-state index contributed by atoms with van der Waals surface area (Å²) in [6.45, 7) is 3.77. The molecular weight excluding hydrogens is 650 g/mol. The van der Waals surface area contributed by atoms with E-state index in [1.165, 1.54) is 24.7 Å². The molecule has 1 fully saturated rings. The van der Waals surface area contributed by atoms with Gasteiger partial charge in [-0.1, -0.05) is 22.8 Å². The third-order valence-corrected chi connectivity index (χ3v) is 9.53. The molecule has 1 atom stereocenters. The van der Waals surface area contributed by atoms with Gasteiger partial charge in [0.2, 0.25) is 0 Å². The number of tetrazole rings is 1. The molecular formula is C32H37ClF6N6O2. The van der Waals surface area contributed by atoms with E-state index in [-0.39, 0.29) is 52.5 Å². The van der Waals surface area contributed by atoms with E-state index in [9.17, 15) is 36.2 Å². The Morgan fingerprint density at radius 3 is 2.28 bits per heavy atom. The van der Waals surface area contributed by atoms with Crippen molar-refractivity contribution in [2.45, 2.75) is 83.7 Å². The van der Waals surface area contributed by atoms with E-state index in [2.05, 4.69) is 15.4 Å². The van der Waals surface area contributed by atoms with Crippen molar-refractivity contribution in [1.29, 1.82) is 0 Å². The lowest BCUT2D eigenvalue weighted by Crippen LogP contribution is -2.34. The van der Waals surface area contributed by atoms with Gasteiger partial charge in [-0.3, -0.25) is 4.79 Å². The molecule has 1 aromatic heterocycles. The molecule has 0 unspecified atom stereocenters. The van der Waals surface area contributed by atoms with Gasteiger partial charge in [0.25, 0.3) is 5.95 Å². The number of aromatic nitrogens is 4. The molecule has 5 rings (SSSR count). The van der Waals surface area contributed by atoms with Crippen molar-refractivity contribution >= 4 is 29.2 Å². The van der Waals surface area contributed by atoms with E-state index < -0.39 is 35.5 Å². The summed E-state index contributed by atoms with van der Waals surface area (Å²) in [6, 6.07) is 4.21. The highest BCUT2D eigenvalue weighted by Gasteiger charge is 2.40. The Kier molecular flexibility index (Phi) is 10.0. The summed E-state index contributed by atoms with van der Waals surface area (Å²) in [4.78, 5) is 16.2. The van der Waals surface area contributed by atoms with Crippen LogP contribution in [0.1, 0.15) is 84.4 Å². The highest BCUT2D eigenvalue weighted by atomic mass is 35.5. The van der Waals surface area contributed by atoms with Crippen LogP contribution in [0.2, 0.25) is 5.02 Å². The van der Waals surface area contributed by atoms with Crippen molar-refractivity contribution in [3.63, 3.8) is 0 Å². The van der Waals surface area contributed by atoms with Crippen LogP contribution in [0.15, 0.2) is 24.3 Å². The molecule has 3 aromatic rings. The zero-order valence-electron chi connectivity index (χ0n) is 26.3. The predicted octanol–water partition coefficient (Wildman–Crippen LogP) is 8.15. The normalized spacial score (nSPS) is 20.6. The molecule has 1 saturated carbocycles.